The van der Waals surface area contributed by atoms with Gasteiger partial charge in [-0.25, -0.2) is 0 Å². The van der Waals surface area contributed by atoms with E-state index in [1.54, 1.807) is 25.7 Å². The van der Waals surface area contributed by atoms with Crippen LogP contribution in [0.5, 0.6) is 0 Å². The molecule has 1 saturated heterocycles. The van der Waals surface area contributed by atoms with Gasteiger partial charge in [-0.3, -0.25) is 0 Å². The van der Waals surface area contributed by atoms with Crippen LogP contribution in [0.2, 0.25) is 0 Å². The molecule has 3 aliphatic rings. The van der Waals surface area contributed by atoms with Crippen LogP contribution >= 0.6 is 0 Å². The summed E-state index contributed by atoms with van der Waals surface area (Å²) in [6.07, 6.45) is 18.1. The minimum absolute atomic E-state index is 0.866. The van der Waals surface area contributed by atoms with Crippen LogP contribution in [0, 0.1) is 17.8 Å². The molecule has 1 nitrogen and oxygen atoms in total. The highest BCUT2D eigenvalue weighted by Crippen LogP contribution is 2.44. The summed E-state index contributed by atoms with van der Waals surface area (Å²) in [7, 11) is 0. The summed E-state index contributed by atoms with van der Waals surface area (Å²) in [5.41, 5.74) is 0. The Morgan fingerprint density at radius 1 is 0.722 bits per heavy atom. The molecule has 0 aromatic rings. The molecule has 18 heavy (non-hydrogen) atoms. The predicted octanol–water partition coefficient (Wildman–Crippen LogP) is 4.52. The van der Waals surface area contributed by atoms with E-state index in [1.807, 2.05) is 0 Å². The van der Waals surface area contributed by atoms with Gasteiger partial charge in [-0.15, -0.1) is 0 Å². The quantitative estimate of drug-likeness (QED) is 0.772. The number of hydrogen-bond acceptors (Lipinski definition) is 1. The minimum Gasteiger partial charge on any atom is -0.314 e. The lowest BCUT2D eigenvalue weighted by Gasteiger charge is -2.34. The van der Waals surface area contributed by atoms with Gasteiger partial charge in [0, 0.05) is 6.04 Å². The molecule has 3 rings (SSSR count). The van der Waals surface area contributed by atoms with Gasteiger partial charge in [-0.05, 0) is 43.6 Å². The van der Waals surface area contributed by atoms with Crippen LogP contribution in [0.1, 0.15) is 77.0 Å². The monoisotopic (exact) mass is 249 g/mol. The molecule has 0 radical (unpaired) electrons. The Hall–Kier alpha value is -0.0400. The van der Waals surface area contributed by atoms with Crippen molar-refractivity contribution in [1.82, 2.24) is 5.32 Å². The van der Waals surface area contributed by atoms with Crippen molar-refractivity contribution in [2.45, 2.75) is 83.1 Å². The summed E-state index contributed by atoms with van der Waals surface area (Å²) in [6.45, 7) is 1.28. The van der Waals surface area contributed by atoms with Gasteiger partial charge in [0.1, 0.15) is 0 Å². The van der Waals surface area contributed by atoms with E-state index in [9.17, 15) is 0 Å². The fraction of sp³-hybridized carbons (Fsp3) is 1.00. The van der Waals surface area contributed by atoms with E-state index in [0.29, 0.717) is 0 Å². The third-order valence-electron chi connectivity index (χ3n) is 5.98. The lowest BCUT2D eigenvalue weighted by atomic mass is 9.75. The molecule has 0 bridgehead atoms. The van der Waals surface area contributed by atoms with E-state index in [2.05, 4.69) is 5.32 Å². The van der Waals surface area contributed by atoms with Crippen molar-refractivity contribution in [2.75, 3.05) is 6.54 Å². The van der Waals surface area contributed by atoms with Crippen LogP contribution in [-0.2, 0) is 0 Å². The maximum atomic E-state index is 3.80. The molecule has 2 aliphatic carbocycles. The molecule has 0 aromatic carbocycles. The second-order valence-corrected chi connectivity index (χ2v) is 7.14. The van der Waals surface area contributed by atoms with Crippen molar-refractivity contribution < 1.29 is 0 Å². The molecule has 0 spiro atoms. The topological polar surface area (TPSA) is 12.0 Å². The van der Waals surface area contributed by atoms with E-state index in [1.165, 1.54) is 57.9 Å². The summed E-state index contributed by atoms with van der Waals surface area (Å²) in [5.74, 6) is 3.26. The van der Waals surface area contributed by atoms with Crippen molar-refractivity contribution in [3.63, 3.8) is 0 Å². The molecule has 1 unspecified atom stereocenters. The molecule has 104 valence electrons. The van der Waals surface area contributed by atoms with E-state index in [0.717, 1.165) is 23.8 Å². The summed E-state index contributed by atoms with van der Waals surface area (Å²) in [4.78, 5) is 0. The third kappa shape index (κ3) is 3.10. The fourth-order valence-corrected chi connectivity index (χ4v) is 4.99. The highest BCUT2D eigenvalue weighted by atomic mass is 14.9. The van der Waals surface area contributed by atoms with Crippen LogP contribution in [0.4, 0.5) is 0 Å². The lowest BCUT2D eigenvalue weighted by molar-refractivity contribution is 0.183. The highest BCUT2D eigenvalue weighted by Gasteiger charge is 2.34. The molecule has 1 N–H and O–H groups in total. The first-order valence-corrected chi connectivity index (χ1v) is 8.67. The van der Waals surface area contributed by atoms with Crippen molar-refractivity contribution in [2.24, 2.45) is 17.8 Å². The first kappa shape index (κ1) is 13.0. The second-order valence-electron chi connectivity index (χ2n) is 7.14. The molecule has 1 heterocycles. The first-order valence-electron chi connectivity index (χ1n) is 8.67. The Balaban J connectivity index is 1.60. The molecule has 0 aromatic heterocycles. The Morgan fingerprint density at radius 2 is 1.28 bits per heavy atom. The van der Waals surface area contributed by atoms with Gasteiger partial charge in [-0.2, -0.15) is 0 Å². The number of nitrogens with one attached hydrogen (secondary N) is 1. The predicted molar refractivity (Wildman–Crippen MR) is 77.7 cm³/mol. The van der Waals surface area contributed by atoms with Crippen molar-refractivity contribution >= 4 is 0 Å². The molecule has 1 aliphatic heterocycles. The zero-order valence-electron chi connectivity index (χ0n) is 12.0. The number of piperidine rings is 1. The van der Waals surface area contributed by atoms with Crippen LogP contribution in [0.3, 0.4) is 0 Å². The van der Waals surface area contributed by atoms with E-state index >= 15 is 0 Å². The smallest absolute Gasteiger partial charge is 0.00699 e. The Morgan fingerprint density at radius 3 is 1.78 bits per heavy atom. The molecule has 3 fully saturated rings. The van der Waals surface area contributed by atoms with Gasteiger partial charge in [-0.1, -0.05) is 57.8 Å². The zero-order chi connectivity index (χ0) is 12.2. The van der Waals surface area contributed by atoms with Crippen molar-refractivity contribution in [1.29, 1.82) is 0 Å². The maximum Gasteiger partial charge on any atom is 0.00699 e. The molecule has 2 saturated carbocycles. The third-order valence-corrected chi connectivity index (χ3v) is 5.98. The van der Waals surface area contributed by atoms with E-state index in [-0.39, 0.29) is 0 Å². The van der Waals surface area contributed by atoms with E-state index < -0.39 is 0 Å². The van der Waals surface area contributed by atoms with Gasteiger partial charge in [0.05, 0.1) is 0 Å². The van der Waals surface area contributed by atoms with Crippen molar-refractivity contribution in [3.05, 3.63) is 0 Å². The molecule has 1 heteroatoms. The summed E-state index contributed by atoms with van der Waals surface area (Å²) in [5, 5.41) is 3.80. The largest absolute Gasteiger partial charge is 0.314 e. The zero-order valence-corrected chi connectivity index (χ0v) is 12.0. The average Bonchev–Trinajstić information content (AvgIpc) is 3.11. The average molecular weight is 249 g/mol. The van der Waals surface area contributed by atoms with Gasteiger partial charge < -0.3 is 5.32 Å². The molecular weight excluding hydrogens is 218 g/mol. The maximum absolute atomic E-state index is 3.80. The van der Waals surface area contributed by atoms with Gasteiger partial charge in [0.2, 0.25) is 0 Å². The van der Waals surface area contributed by atoms with E-state index in [4.69, 9.17) is 0 Å². The van der Waals surface area contributed by atoms with Crippen molar-refractivity contribution in [3.8, 4) is 0 Å². The number of rotatable bonds is 4. The Kier molecular flexibility index (Phi) is 4.62. The van der Waals surface area contributed by atoms with Crippen LogP contribution < -0.4 is 5.32 Å². The van der Waals surface area contributed by atoms with Crippen LogP contribution in [-0.4, -0.2) is 12.6 Å². The summed E-state index contributed by atoms with van der Waals surface area (Å²) < 4.78 is 0. The number of hydrogen-bond donors (Lipinski definition) is 1. The van der Waals surface area contributed by atoms with Gasteiger partial charge in [0.25, 0.3) is 0 Å². The molecular formula is C17H31N. The van der Waals surface area contributed by atoms with Crippen LogP contribution in [0.15, 0.2) is 0 Å². The normalized spacial score (nSPS) is 31.5. The Bertz CT molecular complexity index is 216. The minimum atomic E-state index is 0.866. The second kappa shape index (κ2) is 6.41. The van der Waals surface area contributed by atoms with Crippen LogP contribution in [0.25, 0.3) is 0 Å². The lowest BCUT2D eigenvalue weighted by Crippen LogP contribution is -2.38. The van der Waals surface area contributed by atoms with Gasteiger partial charge >= 0.3 is 0 Å². The summed E-state index contributed by atoms with van der Waals surface area (Å²) >= 11 is 0. The standard InChI is InChI=1S/C17H31N/c1-2-8-14(7-1)17(15-9-3-4-10-15)13-16-11-5-6-12-18-16/h14-18H,1-13H2. The van der Waals surface area contributed by atoms with Gasteiger partial charge in [0.15, 0.2) is 0 Å². The Labute approximate surface area is 113 Å². The highest BCUT2D eigenvalue weighted by molar-refractivity contribution is 4.87. The molecule has 1 atom stereocenters. The summed E-state index contributed by atoms with van der Waals surface area (Å²) in [6, 6.07) is 0.866. The first-order chi connectivity index (χ1) is 8.93. The fourth-order valence-electron chi connectivity index (χ4n) is 4.99. The molecule has 0 amide bonds. The SMILES string of the molecule is C1CCC(CC(C2CCCC2)C2CCCC2)NC1.